The highest BCUT2D eigenvalue weighted by Crippen LogP contribution is 2.36. The number of unbranched alkanes of at least 4 members (excludes halogenated alkanes) is 5. The molecule has 3 aromatic rings. The molecule has 0 saturated heterocycles. The first-order chi connectivity index (χ1) is 15.8. The topological polar surface area (TPSA) is 60.2 Å². The lowest BCUT2D eigenvalue weighted by atomic mass is 9.84. The first kappa shape index (κ1) is 25.5. The van der Waals surface area contributed by atoms with E-state index in [0.717, 1.165) is 49.1 Å². The van der Waals surface area contributed by atoms with Crippen molar-refractivity contribution in [3.05, 3.63) is 46.5 Å². The van der Waals surface area contributed by atoms with Crippen LogP contribution in [0.5, 0.6) is 5.75 Å². The van der Waals surface area contributed by atoms with E-state index in [1.807, 2.05) is 12.1 Å². The SMILES string of the molecule is CCCCCCCCOCCCc1cc(-n2nc3ccc(Cl)cc3n2)c(O)c(C(C)(C)C)c1. The van der Waals surface area contributed by atoms with Gasteiger partial charge in [0.05, 0.1) is 0 Å². The molecule has 1 heterocycles. The molecule has 180 valence electrons. The van der Waals surface area contributed by atoms with E-state index in [1.165, 1.54) is 36.9 Å². The Morgan fingerprint density at radius 2 is 1.61 bits per heavy atom. The number of aromatic hydroxyl groups is 1. The van der Waals surface area contributed by atoms with E-state index in [-0.39, 0.29) is 11.2 Å². The summed E-state index contributed by atoms with van der Waals surface area (Å²) in [6.07, 6.45) is 9.48. The Hall–Kier alpha value is -2.11. The van der Waals surface area contributed by atoms with Gasteiger partial charge in [-0.2, -0.15) is 0 Å². The number of nitrogens with zero attached hydrogens (tertiary/aromatic N) is 3. The van der Waals surface area contributed by atoms with Crippen LogP contribution in [-0.4, -0.2) is 33.3 Å². The summed E-state index contributed by atoms with van der Waals surface area (Å²) in [5, 5.41) is 20.8. The molecule has 5 nitrogen and oxygen atoms in total. The minimum absolute atomic E-state index is 0.209. The lowest BCUT2D eigenvalue weighted by Crippen LogP contribution is -2.14. The minimum atomic E-state index is -0.209. The van der Waals surface area contributed by atoms with Gasteiger partial charge in [0, 0.05) is 23.8 Å². The van der Waals surface area contributed by atoms with Crippen LogP contribution in [0.3, 0.4) is 0 Å². The number of halogens is 1. The van der Waals surface area contributed by atoms with Crippen LogP contribution in [-0.2, 0) is 16.6 Å². The molecule has 0 saturated carbocycles. The summed E-state index contributed by atoms with van der Waals surface area (Å²) in [6, 6.07) is 9.51. The van der Waals surface area contributed by atoms with Gasteiger partial charge in [0.25, 0.3) is 0 Å². The van der Waals surface area contributed by atoms with Crippen LogP contribution in [0, 0.1) is 0 Å². The number of phenolic OH excluding ortho intramolecular Hbond substituents is 1. The second-order valence-corrected chi connectivity index (χ2v) is 10.3. The first-order valence-corrected chi connectivity index (χ1v) is 12.6. The van der Waals surface area contributed by atoms with E-state index in [2.05, 4.69) is 44.0 Å². The van der Waals surface area contributed by atoms with E-state index >= 15 is 0 Å². The molecule has 1 N–H and O–H groups in total. The summed E-state index contributed by atoms with van der Waals surface area (Å²) in [6.45, 7) is 10.1. The summed E-state index contributed by atoms with van der Waals surface area (Å²) in [5.41, 5.74) is 3.87. The average Bonchev–Trinajstić information content (AvgIpc) is 3.18. The van der Waals surface area contributed by atoms with Gasteiger partial charge >= 0.3 is 0 Å². The normalized spacial score (nSPS) is 12.0. The molecule has 0 atom stereocenters. The van der Waals surface area contributed by atoms with Crippen LogP contribution >= 0.6 is 11.6 Å². The van der Waals surface area contributed by atoms with Crippen LogP contribution in [0.1, 0.15) is 83.8 Å². The van der Waals surface area contributed by atoms with Crippen LogP contribution in [0.15, 0.2) is 30.3 Å². The fourth-order valence-electron chi connectivity index (χ4n) is 4.01. The number of ether oxygens (including phenoxy) is 1. The highest BCUT2D eigenvalue weighted by atomic mass is 35.5. The van der Waals surface area contributed by atoms with Crippen molar-refractivity contribution in [2.24, 2.45) is 0 Å². The van der Waals surface area contributed by atoms with E-state index in [1.54, 1.807) is 12.1 Å². The average molecular weight is 472 g/mol. The Balaban J connectivity index is 1.67. The number of aromatic nitrogens is 3. The molecule has 0 spiro atoms. The summed E-state index contributed by atoms with van der Waals surface area (Å²) in [7, 11) is 0. The number of benzene rings is 2. The standard InChI is InChI=1S/C27H38ClN3O2/c1-5-6-7-8-9-10-15-33-16-11-12-20-17-22(27(2,3)4)26(32)25(18-20)31-29-23-14-13-21(28)19-24(23)30-31/h13-14,17-19,32H,5-12,15-16H2,1-4H3. The summed E-state index contributed by atoms with van der Waals surface area (Å²) < 4.78 is 5.86. The highest BCUT2D eigenvalue weighted by molar-refractivity contribution is 6.31. The molecule has 0 aliphatic rings. The monoisotopic (exact) mass is 471 g/mol. The summed E-state index contributed by atoms with van der Waals surface area (Å²) in [4.78, 5) is 1.52. The summed E-state index contributed by atoms with van der Waals surface area (Å²) in [5.74, 6) is 0.219. The number of fused-ring (bicyclic) bond motifs is 1. The van der Waals surface area contributed by atoms with Crippen LogP contribution in [0.25, 0.3) is 16.7 Å². The molecular formula is C27H38ClN3O2. The van der Waals surface area contributed by atoms with Crippen molar-refractivity contribution >= 4 is 22.6 Å². The van der Waals surface area contributed by atoms with Gasteiger partial charge in [0.1, 0.15) is 22.5 Å². The van der Waals surface area contributed by atoms with Crippen molar-refractivity contribution in [2.75, 3.05) is 13.2 Å². The fourth-order valence-corrected chi connectivity index (χ4v) is 4.17. The maximum Gasteiger partial charge on any atom is 0.146 e. The lowest BCUT2D eigenvalue weighted by molar-refractivity contribution is 0.127. The van der Waals surface area contributed by atoms with E-state index < -0.39 is 0 Å². The Kier molecular flexibility index (Phi) is 9.16. The number of rotatable bonds is 12. The van der Waals surface area contributed by atoms with Gasteiger partial charge in [0.2, 0.25) is 0 Å². The molecular weight excluding hydrogens is 434 g/mol. The van der Waals surface area contributed by atoms with Crippen LogP contribution in [0.4, 0.5) is 0 Å². The third-order valence-corrected chi connectivity index (χ3v) is 6.15. The molecule has 3 rings (SSSR count). The molecule has 0 bridgehead atoms. The second-order valence-electron chi connectivity index (χ2n) is 9.87. The van der Waals surface area contributed by atoms with Crippen molar-refractivity contribution in [1.82, 2.24) is 15.0 Å². The zero-order chi connectivity index (χ0) is 23.8. The third-order valence-electron chi connectivity index (χ3n) is 5.91. The van der Waals surface area contributed by atoms with Gasteiger partial charge in [-0.25, -0.2) is 0 Å². The summed E-state index contributed by atoms with van der Waals surface area (Å²) >= 11 is 6.11. The molecule has 0 unspecified atom stereocenters. The smallest absolute Gasteiger partial charge is 0.146 e. The maximum absolute atomic E-state index is 11.1. The third kappa shape index (κ3) is 7.18. The predicted octanol–water partition coefficient (Wildman–Crippen LogP) is 7.39. The minimum Gasteiger partial charge on any atom is -0.505 e. The molecule has 0 aliphatic heterocycles. The van der Waals surface area contributed by atoms with Gasteiger partial charge in [-0.15, -0.1) is 15.0 Å². The lowest BCUT2D eigenvalue weighted by Gasteiger charge is -2.23. The maximum atomic E-state index is 11.1. The number of phenols is 1. The first-order valence-electron chi connectivity index (χ1n) is 12.3. The zero-order valence-electron chi connectivity index (χ0n) is 20.5. The molecule has 6 heteroatoms. The van der Waals surface area contributed by atoms with Crippen molar-refractivity contribution < 1.29 is 9.84 Å². The number of hydrogen-bond donors (Lipinski definition) is 1. The zero-order valence-corrected chi connectivity index (χ0v) is 21.3. The quantitative estimate of drug-likeness (QED) is 0.280. The Morgan fingerprint density at radius 3 is 2.36 bits per heavy atom. The molecule has 0 radical (unpaired) electrons. The Labute approximate surface area is 203 Å². The molecule has 2 aromatic carbocycles. The highest BCUT2D eigenvalue weighted by Gasteiger charge is 2.23. The predicted molar refractivity (Wildman–Crippen MR) is 137 cm³/mol. The molecule has 1 aromatic heterocycles. The van der Waals surface area contributed by atoms with E-state index in [4.69, 9.17) is 16.3 Å². The van der Waals surface area contributed by atoms with Crippen molar-refractivity contribution in [1.29, 1.82) is 0 Å². The molecule has 33 heavy (non-hydrogen) atoms. The number of aryl methyl sites for hydroxylation is 1. The Bertz CT molecular complexity index is 1040. The van der Waals surface area contributed by atoms with Gasteiger partial charge in [0.15, 0.2) is 0 Å². The van der Waals surface area contributed by atoms with Gasteiger partial charge in [-0.1, -0.05) is 77.5 Å². The molecule has 0 aliphatic carbocycles. The van der Waals surface area contributed by atoms with E-state index in [0.29, 0.717) is 16.2 Å². The van der Waals surface area contributed by atoms with Crippen molar-refractivity contribution in [3.63, 3.8) is 0 Å². The fraction of sp³-hybridized carbons (Fsp3) is 0.556. The van der Waals surface area contributed by atoms with Gasteiger partial charge in [-0.3, -0.25) is 0 Å². The van der Waals surface area contributed by atoms with Gasteiger partial charge in [-0.05, 0) is 54.5 Å². The van der Waals surface area contributed by atoms with Gasteiger partial charge < -0.3 is 9.84 Å². The second kappa shape index (κ2) is 11.8. The van der Waals surface area contributed by atoms with Crippen molar-refractivity contribution in [2.45, 2.75) is 84.5 Å². The largest absolute Gasteiger partial charge is 0.505 e. The van der Waals surface area contributed by atoms with E-state index in [9.17, 15) is 5.11 Å². The molecule has 0 amide bonds. The van der Waals surface area contributed by atoms with Crippen LogP contribution in [0.2, 0.25) is 5.02 Å². The van der Waals surface area contributed by atoms with Crippen molar-refractivity contribution in [3.8, 4) is 11.4 Å². The number of hydrogen-bond acceptors (Lipinski definition) is 4. The van der Waals surface area contributed by atoms with Crippen LogP contribution < -0.4 is 0 Å². The Morgan fingerprint density at radius 1 is 0.909 bits per heavy atom. The molecule has 0 fully saturated rings.